The van der Waals surface area contributed by atoms with Crippen molar-refractivity contribution in [2.24, 2.45) is 5.28 Å². The van der Waals surface area contributed by atoms with Gasteiger partial charge in [0.25, 0.3) is 0 Å². The Morgan fingerprint density at radius 2 is 2.08 bits per heavy atom. The molecule has 0 unspecified atom stereocenters. The maximum Gasteiger partial charge on any atom is 0.317 e. The number of carbonyl (C=O) groups excluding carboxylic acids is 1. The lowest BCUT2D eigenvalue weighted by Gasteiger charge is -2.29. The number of rotatable bonds is 5. The fourth-order valence-corrected chi connectivity index (χ4v) is 2.27. The molecule has 138 valence electrons. The molecule has 8 heteroatoms. The van der Waals surface area contributed by atoms with Crippen molar-refractivity contribution in [3.05, 3.63) is 17.9 Å². The fourth-order valence-electron chi connectivity index (χ4n) is 2.27. The summed E-state index contributed by atoms with van der Waals surface area (Å²) in [4.78, 5) is 19.6. The van der Waals surface area contributed by atoms with Crippen LogP contribution in [0, 0.1) is 5.21 Å². The summed E-state index contributed by atoms with van der Waals surface area (Å²) >= 11 is 0. The lowest BCUT2D eigenvalue weighted by Crippen LogP contribution is -2.48. The summed E-state index contributed by atoms with van der Waals surface area (Å²) in [5, 5.41) is 20.2. The standard InChI is InChI=1S/C16H31N5O3/c1-8-10-20(16(5,6)7)21(23)18-24-13-9-11-19(12-13)14(22)17-15(2,3)4/h8,13H,1,9-12H2,2-7H3,(H,17,22)/b21-18-/t13-/m1/s1. The number of hydrogen-bond acceptors (Lipinski definition) is 4. The van der Waals surface area contributed by atoms with E-state index in [1.165, 1.54) is 5.01 Å². The van der Waals surface area contributed by atoms with E-state index in [-0.39, 0.29) is 17.7 Å². The zero-order valence-electron chi connectivity index (χ0n) is 15.7. The Bertz CT molecular complexity index is 479. The first kappa shape index (κ1) is 20.1. The number of hydrazine groups is 1. The summed E-state index contributed by atoms with van der Waals surface area (Å²) in [6.45, 7) is 16.5. The van der Waals surface area contributed by atoms with Gasteiger partial charge in [-0.15, -0.1) is 11.6 Å². The van der Waals surface area contributed by atoms with Gasteiger partial charge in [-0.25, -0.2) is 4.79 Å². The molecule has 24 heavy (non-hydrogen) atoms. The molecule has 0 saturated carbocycles. The van der Waals surface area contributed by atoms with Crippen LogP contribution >= 0.6 is 0 Å². The van der Waals surface area contributed by atoms with Crippen molar-refractivity contribution in [2.45, 2.75) is 65.1 Å². The minimum atomic E-state index is -0.406. The van der Waals surface area contributed by atoms with Crippen molar-refractivity contribution < 1.29 is 14.6 Å². The van der Waals surface area contributed by atoms with Crippen LogP contribution in [0.5, 0.6) is 0 Å². The highest BCUT2D eigenvalue weighted by molar-refractivity contribution is 5.75. The summed E-state index contributed by atoms with van der Waals surface area (Å²) in [5.74, 6) is 0. The molecule has 2 amide bonds. The van der Waals surface area contributed by atoms with E-state index in [1.807, 2.05) is 41.5 Å². The van der Waals surface area contributed by atoms with E-state index in [1.54, 1.807) is 11.0 Å². The van der Waals surface area contributed by atoms with Crippen LogP contribution in [-0.4, -0.2) is 57.7 Å². The number of amides is 2. The average Bonchev–Trinajstić information content (AvgIpc) is 2.88. The van der Waals surface area contributed by atoms with E-state index >= 15 is 0 Å². The van der Waals surface area contributed by atoms with E-state index in [9.17, 15) is 10.0 Å². The van der Waals surface area contributed by atoms with Crippen LogP contribution in [0.25, 0.3) is 0 Å². The normalized spacial score (nSPS) is 19.2. The van der Waals surface area contributed by atoms with Crippen LogP contribution in [0.1, 0.15) is 48.0 Å². The molecular formula is C16H31N5O3. The van der Waals surface area contributed by atoms with Gasteiger partial charge in [0.05, 0.1) is 23.6 Å². The van der Waals surface area contributed by atoms with Crippen LogP contribution in [0.4, 0.5) is 4.79 Å². The molecule has 1 heterocycles. The van der Waals surface area contributed by atoms with Gasteiger partial charge in [-0.3, -0.25) is 0 Å². The zero-order valence-corrected chi connectivity index (χ0v) is 15.7. The summed E-state index contributed by atoms with van der Waals surface area (Å²) < 4.78 is 0. The van der Waals surface area contributed by atoms with Crippen molar-refractivity contribution >= 4 is 6.03 Å². The van der Waals surface area contributed by atoms with E-state index in [0.717, 1.165) is 0 Å². The maximum absolute atomic E-state index is 12.1. The highest BCUT2D eigenvalue weighted by Gasteiger charge is 2.31. The lowest BCUT2D eigenvalue weighted by molar-refractivity contribution is -0.724. The van der Waals surface area contributed by atoms with Gasteiger partial charge in [-0.2, -0.15) is 0 Å². The molecule has 1 aliphatic heterocycles. The van der Waals surface area contributed by atoms with Crippen LogP contribution in [0.15, 0.2) is 17.9 Å². The maximum atomic E-state index is 12.1. The van der Waals surface area contributed by atoms with Gasteiger partial charge in [0.2, 0.25) is 5.28 Å². The van der Waals surface area contributed by atoms with Crippen molar-refractivity contribution in [3.8, 4) is 0 Å². The minimum Gasteiger partial charge on any atom is -0.569 e. The number of likely N-dealkylation sites (tertiary alicyclic amines) is 1. The Morgan fingerprint density at radius 3 is 2.58 bits per heavy atom. The largest absolute Gasteiger partial charge is 0.569 e. The van der Waals surface area contributed by atoms with Crippen molar-refractivity contribution in [1.82, 2.24) is 15.2 Å². The van der Waals surface area contributed by atoms with Gasteiger partial charge >= 0.3 is 6.03 Å². The summed E-state index contributed by atoms with van der Waals surface area (Å²) in [7, 11) is 0. The van der Waals surface area contributed by atoms with Crippen molar-refractivity contribution in [1.29, 1.82) is 0 Å². The Balaban J connectivity index is 2.59. The quantitative estimate of drug-likeness (QED) is 0.361. The predicted octanol–water partition coefficient (Wildman–Crippen LogP) is 2.66. The Hall–Kier alpha value is -1.99. The number of urea groups is 1. The number of hydrogen-bond donors (Lipinski definition) is 1. The second kappa shape index (κ2) is 7.72. The van der Waals surface area contributed by atoms with Gasteiger partial charge in [-0.05, 0) is 41.5 Å². The molecule has 1 aliphatic rings. The van der Waals surface area contributed by atoms with Gasteiger partial charge < -0.3 is 20.3 Å². The highest BCUT2D eigenvalue weighted by atomic mass is 16.7. The topological polar surface area (TPSA) is 83.2 Å². The first-order valence-corrected chi connectivity index (χ1v) is 8.23. The predicted molar refractivity (Wildman–Crippen MR) is 92.1 cm³/mol. The van der Waals surface area contributed by atoms with Crippen molar-refractivity contribution in [2.75, 3.05) is 19.6 Å². The molecule has 1 saturated heterocycles. The minimum absolute atomic E-state index is 0.129. The molecule has 0 aromatic carbocycles. The lowest BCUT2D eigenvalue weighted by atomic mass is 10.1. The van der Waals surface area contributed by atoms with Crippen LogP contribution in [0.3, 0.4) is 0 Å². The molecule has 1 rings (SSSR count). The van der Waals surface area contributed by atoms with Crippen molar-refractivity contribution in [3.63, 3.8) is 0 Å². The first-order chi connectivity index (χ1) is 10.9. The van der Waals surface area contributed by atoms with E-state index in [4.69, 9.17) is 4.84 Å². The summed E-state index contributed by atoms with van der Waals surface area (Å²) in [5.41, 5.74) is -0.693. The fraction of sp³-hybridized carbons (Fsp3) is 0.812. The Kier molecular flexibility index (Phi) is 6.45. The number of nitrogens with zero attached hydrogens (tertiary/aromatic N) is 4. The second-order valence-corrected chi connectivity index (χ2v) is 8.02. The second-order valence-electron chi connectivity index (χ2n) is 8.02. The van der Waals surface area contributed by atoms with Gasteiger partial charge in [0, 0.05) is 18.5 Å². The third kappa shape index (κ3) is 6.25. The SMILES string of the molecule is C=CCN(/[N+]([O-])=N/O[C@@H]1CCN(C(=O)NC(C)(C)C)C1)C(C)(C)C. The third-order valence-electron chi connectivity index (χ3n) is 3.46. The molecule has 0 bridgehead atoms. The number of carbonyl (C=O) groups is 1. The van der Waals surface area contributed by atoms with E-state index < -0.39 is 5.54 Å². The molecule has 8 nitrogen and oxygen atoms in total. The first-order valence-electron chi connectivity index (χ1n) is 8.23. The Morgan fingerprint density at radius 1 is 1.46 bits per heavy atom. The molecule has 1 atom stereocenters. The smallest absolute Gasteiger partial charge is 0.317 e. The van der Waals surface area contributed by atoms with Gasteiger partial charge in [0.1, 0.15) is 0 Å². The molecule has 0 spiro atoms. The molecule has 0 aliphatic carbocycles. The van der Waals surface area contributed by atoms with Crippen LogP contribution < -0.4 is 5.32 Å². The zero-order chi connectivity index (χ0) is 18.5. The molecule has 1 fully saturated rings. The third-order valence-corrected chi connectivity index (χ3v) is 3.46. The number of nitrogens with one attached hydrogen (secondary N) is 1. The Labute approximate surface area is 144 Å². The monoisotopic (exact) mass is 341 g/mol. The molecular weight excluding hydrogens is 310 g/mol. The van der Waals surface area contributed by atoms with Crippen LogP contribution in [-0.2, 0) is 4.84 Å². The highest BCUT2D eigenvalue weighted by Crippen LogP contribution is 2.16. The van der Waals surface area contributed by atoms with Gasteiger partial charge in [0.15, 0.2) is 6.10 Å². The summed E-state index contributed by atoms with van der Waals surface area (Å²) in [6, 6.07) is -0.129. The average molecular weight is 341 g/mol. The summed E-state index contributed by atoms with van der Waals surface area (Å²) in [6.07, 6.45) is 2.00. The van der Waals surface area contributed by atoms with Gasteiger partial charge in [-0.1, -0.05) is 6.08 Å². The molecule has 0 aromatic rings. The molecule has 0 aromatic heterocycles. The molecule has 0 radical (unpaired) electrons. The van der Waals surface area contributed by atoms with E-state index in [2.05, 4.69) is 17.2 Å². The molecule has 1 N–H and O–H groups in total. The van der Waals surface area contributed by atoms with E-state index in [0.29, 0.717) is 31.0 Å². The van der Waals surface area contributed by atoms with Crippen LogP contribution in [0.2, 0.25) is 0 Å².